The van der Waals surface area contributed by atoms with Crippen LogP contribution < -0.4 is 5.73 Å². The van der Waals surface area contributed by atoms with Gasteiger partial charge < -0.3 is 10.8 Å². The molecular formula is C15H21BrClNO. The first-order valence-electron chi connectivity index (χ1n) is 6.85. The van der Waals surface area contributed by atoms with Crippen LogP contribution in [0, 0.1) is 11.3 Å². The SMILES string of the molecule is CCC1CCC(CN)(C(O)c2ccc(Cl)cc2Br)C1. The maximum Gasteiger partial charge on any atom is 0.0869 e. The molecule has 1 aromatic carbocycles. The van der Waals surface area contributed by atoms with E-state index in [1.807, 2.05) is 18.2 Å². The van der Waals surface area contributed by atoms with Gasteiger partial charge in [-0.15, -0.1) is 0 Å². The van der Waals surface area contributed by atoms with Crippen LogP contribution in [0.4, 0.5) is 0 Å². The molecular weight excluding hydrogens is 326 g/mol. The Labute approximate surface area is 128 Å². The molecule has 0 heterocycles. The number of aliphatic hydroxyl groups excluding tert-OH is 1. The van der Waals surface area contributed by atoms with Crippen LogP contribution in [0.3, 0.4) is 0 Å². The molecule has 3 atom stereocenters. The zero-order valence-electron chi connectivity index (χ0n) is 11.2. The molecule has 4 heteroatoms. The predicted molar refractivity (Wildman–Crippen MR) is 83.2 cm³/mol. The van der Waals surface area contributed by atoms with Crippen LogP contribution in [0.5, 0.6) is 0 Å². The molecule has 0 spiro atoms. The largest absolute Gasteiger partial charge is 0.388 e. The molecule has 0 radical (unpaired) electrons. The van der Waals surface area contributed by atoms with E-state index in [0.717, 1.165) is 35.7 Å². The molecule has 1 aliphatic rings. The zero-order valence-corrected chi connectivity index (χ0v) is 13.5. The van der Waals surface area contributed by atoms with E-state index in [-0.39, 0.29) is 5.41 Å². The molecule has 1 saturated carbocycles. The molecule has 0 aromatic heterocycles. The number of hydrogen-bond acceptors (Lipinski definition) is 2. The Morgan fingerprint density at radius 3 is 2.84 bits per heavy atom. The lowest BCUT2D eigenvalue weighted by molar-refractivity contribution is 0.0296. The second-order valence-corrected chi connectivity index (χ2v) is 6.94. The van der Waals surface area contributed by atoms with Gasteiger partial charge in [-0.25, -0.2) is 0 Å². The van der Waals surface area contributed by atoms with Crippen LogP contribution >= 0.6 is 27.5 Å². The molecule has 3 unspecified atom stereocenters. The van der Waals surface area contributed by atoms with Gasteiger partial charge in [-0.3, -0.25) is 0 Å². The number of hydrogen-bond donors (Lipinski definition) is 2. The molecule has 3 N–H and O–H groups in total. The van der Waals surface area contributed by atoms with Crippen LogP contribution in [0.15, 0.2) is 22.7 Å². The summed E-state index contributed by atoms with van der Waals surface area (Å²) < 4.78 is 0.861. The van der Waals surface area contributed by atoms with Crippen molar-refractivity contribution in [1.29, 1.82) is 0 Å². The Kier molecular flexibility index (Phi) is 4.93. The minimum Gasteiger partial charge on any atom is -0.388 e. The van der Waals surface area contributed by atoms with Crippen LogP contribution in [-0.4, -0.2) is 11.7 Å². The van der Waals surface area contributed by atoms with Gasteiger partial charge in [0.05, 0.1) is 6.10 Å². The van der Waals surface area contributed by atoms with Crippen molar-refractivity contribution in [2.24, 2.45) is 17.1 Å². The third kappa shape index (κ3) is 2.99. The molecule has 0 saturated heterocycles. The third-order valence-corrected chi connectivity index (χ3v) is 5.49. The normalized spacial score (nSPS) is 28.6. The van der Waals surface area contributed by atoms with Crippen molar-refractivity contribution < 1.29 is 5.11 Å². The second kappa shape index (κ2) is 6.13. The summed E-state index contributed by atoms with van der Waals surface area (Å²) in [4.78, 5) is 0. The average Bonchev–Trinajstić information content (AvgIpc) is 2.83. The Bertz CT molecular complexity index is 454. The second-order valence-electron chi connectivity index (χ2n) is 5.65. The van der Waals surface area contributed by atoms with Crippen molar-refractivity contribution in [2.45, 2.75) is 38.7 Å². The molecule has 1 fully saturated rings. The van der Waals surface area contributed by atoms with Gasteiger partial charge in [-0.1, -0.05) is 46.9 Å². The summed E-state index contributed by atoms with van der Waals surface area (Å²) in [5, 5.41) is 11.5. The van der Waals surface area contributed by atoms with E-state index in [4.69, 9.17) is 17.3 Å². The van der Waals surface area contributed by atoms with Crippen molar-refractivity contribution in [3.8, 4) is 0 Å². The Morgan fingerprint density at radius 2 is 2.32 bits per heavy atom. The first-order chi connectivity index (χ1) is 9.02. The van der Waals surface area contributed by atoms with E-state index in [9.17, 15) is 5.11 Å². The molecule has 0 aliphatic heterocycles. The fourth-order valence-corrected chi connectivity index (χ4v) is 4.12. The fourth-order valence-electron chi connectivity index (χ4n) is 3.22. The molecule has 2 nitrogen and oxygen atoms in total. The highest BCUT2D eigenvalue weighted by atomic mass is 79.9. The molecule has 106 valence electrons. The monoisotopic (exact) mass is 345 g/mol. The summed E-state index contributed by atoms with van der Waals surface area (Å²) in [7, 11) is 0. The Balaban J connectivity index is 2.28. The van der Waals surface area contributed by atoms with Crippen LogP contribution in [0.1, 0.15) is 44.3 Å². The van der Waals surface area contributed by atoms with Gasteiger partial charge in [0.2, 0.25) is 0 Å². The van der Waals surface area contributed by atoms with E-state index in [1.165, 1.54) is 0 Å². The fraction of sp³-hybridized carbons (Fsp3) is 0.600. The summed E-state index contributed by atoms with van der Waals surface area (Å²) in [5.74, 6) is 0.685. The summed E-state index contributed by atoms with van der Waals surface area (Å²) in [6.07, 6.45) is 3.81. The van der Waals surface area contributed by atoms with E-state index in [2.05, 4.69) is 22.9 Å². The molecule has 1 aromatic rings. The van der Waals surface area contributed by atoms with Gasteiger partial charge in [0, 0.05) is 21.5 Å². The highest BCUT2D eigenvalue weighted by Crippen LogP contribution is 2.51. The van der Waals surface area contributed by atoms with Crippen molar-refractivity contribution in [3.63, 3.8) is 0 Å². The van der Waals surface area contributed by atoms with E-state index in [1.54, 1.807) is 0 Å². The summed E-state index contributed by atoms with van der Waals surface area (Å²) in [6, 6.07) is 5.55. The maximum atomic E-state index is 10.8. The van der Waals surface area contributed by atoms with Crippen LogP contribution in [0.25, 0.3) is 0 Å². The maximum absolute atomic E-state index is 10.8. The minimum absolute atomic E-state index is 0.184. The lowest BCUT2D eigenvalue weighted by Gasteiger charge is -2.34. The van der Waals surface area contributed by atoms with Crippen molar-refractivity contribution in [3.05, 3.63) is 33.3 Å². The van der Waals surface area contributed by atoms with Crippen molar-refractivity contribution >= 4 is 27.5 Å². The third-order valence-electron chi connectivity index (χ3n) is 4.57. The number of benzene rings is 1. The standard InChI is InChI=1S/C15H21BrClNO/c1-2-10-5-6-15(8-10,9-18)14(19)12-4-3-11(17)7-13(12)16/h3-4,7,10,14,19H,2,5-6,8-9,18H2,1H3. The van der Waals surface area contributed by atoms with E-state index >= 15 is 0 Å². The highest BCUT2D eigenvalue weighted by Gasteiger charge is 2.44. The minimum atomic E-state index is -0.527. The lowest BCUT2D eigenvalue weighted by atomic mass is 9.76. The average molecular weight is 347 g/mol. The number of aliphatic hydroxyl groups is 1. The highest BCUT2D eigenvalue weighted by molar-refractivity contribution is 9.10. The van der Waals surface area contributed by atoms with Crippen LogP contribution in [-0.2, 0) is 0 Å². The lowest BCUT2D eigenvalue weighted by Crippen LogP contribution is -2.34. The number of rotatable bonds is 4. The zero-order chi connectivity index (χ0) is 14.0. The Morgan fingerprint density at radius 1 is 1.58 bits per heavy atom. The molecule has 19 heavy (non-hydrogen) atoms. The Hall–Kier alpha value is -0.0900. The first-order valence-corrected chi connectivity index (χ1v) is 8.02. The number of halogens is 2. The molecule has 0 bridgehead atoms. The van der Waals surface area contributed by atoms with Gasteiger partial charge >= 0.3 is 0 Å². The summed E-state index contributed by atoms with van der Waals surface area (Å²) in [5.41, 5.74) is 6.71. The van der Waals surface area contributed by atoms with Crippen molar-refractivity contribution in [1.82, 2.24) is 0 Å². The smallest absolute Gasteiger partial charge is 0.0869 e. The number of nitrogens with two attached hydrogens (primary N) is 1. The van der Waals surface area contributed by atoms with Gasteiger partial charge in [-0.2, -0.15) is 0 Å². The molecule has 1 aliphatic carbocycles. The van der Waals surface area contributed by atoms with E-state index < -0.39 is 6.10 Å². The predicted octanol–water partition coefficient (Wildman–Crippen LogP) is 4.29. The van der Waals surface area contributed by atoms with Gasteiger partial charge in [0.1, 0.15) is 0 Å². The van der Waals surface area contributed by atoms with Crippen molar-refractivity contribution in [2.75, 3.05) is 6.54 Å². The summed E-state index contributed by atoms with van der Waals surface area (Å²) >= 11 is 9.45. The first kappa shape index (κ1) is 15.3. The molecule has 0 amide bonds. The molecule has 2 rings (SSSR count). The van der Waals surface area contributed by atoms with Gasteiger partial charge in [0.15, 0.2) is 0 Å². The van der Waals surface area contributed by atoms with Crippen LogP contribution in [0.2, 0.25) is 5.02 Å². The topological polar surface area (TPSA) is 46.2 Å². The van der Waals surface area contributed by atoms with E-state index in [0.29, 0.717) is 17.5 Å². The summed E-state index contributed by atoms with van der Waals surface area (Å²) in [6.45, 7) is 2.74. The quantitative estimate of drug-likeness (QED) is 0.854. The van der Waals surface area contributed by atoms with Gasteiger partial charge in [-0.05, 0) is 42.9 Å². The van der Waals surface area contributed by atoms with Gasteiger partial charge in [0.25, 0.3) is 0 Å².